The minimum Gasteiger partial charge on any atom is -0.493 e. The Balaban J connectivity index is 0.00000338. The van der Waals surface area contributed by atoms with Crippen molar-refractivity contribution in [3.8, 4) is 11.5 Å². The van der Waals surface area contributed by atoms with Crippen molar-refractivity contribution in [2.24, 2.45) is 10.7 Å². The van der Waals surface area contributed by atoms with E-state index in [4.69, 9.17) is 15.2 Å². The minimum atomic E-state index is 0. The Morgan fingerprint density at radius 2 is 2.15 bits per heavy atom. The highest BCUT2D eigenvalue weighted by Gasteiger charge is 2.22. The van der Waals surface area contributed by atoms with Gasteiger partial charge in [0, 0.05) is 12.6 Å². The lowest BCUT2D eigenvalue weighted by Crippen LogP contribution is -2.42. The number of hydrogen-bond donors (Lipinski definition) is 2. The van der Waals surface area contributed by atoms with Crippen molar-refractivity contribution in [2.75, 3.05) is 33.4 Å². The minimum absolute atomic E-state index is 0. The molecule has 2 rings (SSSR count). The summed E-state index contributed by atoms with van der Waals surface area (Å²) in [7, 11) is 1.65. The quantitative estimate of drug-likeness (QED) is 0.326. The van der Waals surface area contributed by atoms with Gasteiger partial charge in [-0.15, -0.1) is 24.0 Å². The largest absolute Gasteiger partial charge is 0.493 e. The molecule has 3 N–H and O–H groups in total. The van der Waals surface area contributed by atoms with Crippen molar-refractivity contribution in [2.45, 2.75) is 45.7 Å². The molecule has 0 saturated carbocycles. The predicted octanol–water partition coefficient (Wildman–Crippen LogP) is 2.99. The van der Waals surface area contributed by atoms with Gasteiger partial charge in [0.05, 0.1) is 20.3 Å². The number of benzene rings is 1. The second-order valence-corrected chi connectivity index (χ2v) is 6.34. The molecule has 1 aliphatic heterocycles. The highest BCUT2D eigenvalue weighted by Crippen LogP contribution is 2.28. The van der Waals surface area contributed by atoms with Gasteiger partial charge in [-0.1, -0.05) is 19.9 Å². The Hall–Kier alpha value is -1.22. The average Bonchev–Trinajstić information content (AvgIpc) is 3.10. The van der Waals surface area contributed by atoms with Gasteiger partial charge in [0.15, 0.2) is 17.5 Å². The van der Waals surface area contributed by atoms with Crippen LogP contribution in [0, 0.1) is 0 Å². The van der Waals surface area contributed by atoms with Crippen LogP contribution in [0.1, 0.15) is 38.7 Å². The Bertz CT molecular complexity index is 568. The lowest BCUT2D eigenvalue weighted by atomic mass is 10.2. The van der Waals surface area contributed by atoms with Crippen molar-refractivity contribution in [3.05, 3.63) is 23.8 Å². The molecule has 0 amide bonds. The zero-order chi connectivity index (χ0) is 18.1. The molecule has 0 aromatic heterocycles. The van der Waals surface area contributed by atoms with Crippen LogP contribution in [-0.4, -0.2) is 50.3 Å². The summed E-state index contributed by atoms with van der Waals surface area (Å²) in [5.41, 5.74) is 7.06. The smallest absolute Gasteiger partial charge is 0.188 e. The predicted molar refractivity (Wildman–Crippen MR) is 118 cm³/mol. The molecule has 26 heavy (non-hydrogen) atoms. The molecule has 1 heterocycles. The van der Waals surface area contributed by atoms with E-state index in [9.17, 15) is 0 Å². The second kappa shape index (κ2) is 12.2. The first kappa shape index (κ1) is 22.8. The van der Waals surface area contributed by atoms with Crippen molar-refractivity contribution >= 4 is 29.9 Å². The van der Waals surface area contributed by atoms with E-state index in [1.165, 1.54) is 19.4 Å². The summed E-state index contributed by atoms with van der Waals surface area (Å²) in [6.45, 7) is 8.62. The maximum absolute atomic E-state index is 6.02. The van der Waals surface area contributed by atoms with E-state index >= 15 is 0 Å². The first-order valence-corrected chi connectivity index (χ1v) is 9.25. The monoisotopic (exact) mass is 476 g/mol. The fourth-order valence-electron chi connectivity index (χ4n) is 3.14. The molecular weight excluding hydrogens is 443 g/mol. The molecule has 1 saturated heterocycles. The van der Waals surface area contributed by atoms with Gasteiger partial charge in [-0.2, -0.15) is 0 Å². The lowest BCUT2D eigenvalue weighted by Gasteiger charge is -2.23. The summed E-state index contributed by atoms with van der Waals surface area (Å²) in [6, 6.07) is 6.45. The van der Waals surface area contributed by atoms with Crippen LogP contribution in [0.4, 0.5) is 0 Å². The highest BCUT2D eigenvalue weighted by molar-refractivity contribution is 14.0. The number of rotatable bonds is 9. The van der Waals surface area contributed by atoms with Crippen LogP contribution in [0.3, 0.4) is 0 Å². The summed E-state index contributed by atoms with van der Waals surface area (Å²) < 4.78 is 11.1. The molecule has 148 valence electrons. The molecule has 0 spiro atoms. The number of halogens is 1. The van der Waals surface area contributed by atoms with Crippen LogP contribution >= 0.6 is 24.0 Å². The van der Waals surface area contributed by atoms with Crippen molar-refractivity contribution in [1.82, 2.24) is 10.2 Å². The molecule has 7 heteroatoms. The summed E-state index contributed by atoms with van der Waals surface area (Å²) in [5, 5.41) is 3.26. The van der Waals surface area contributed by atoms with Crippen LogP contribution in [0.5, 0.6) is 11.5 Å². The van der Waals surface area contributed by atoms with E-state index in [1.54, 1.807) is 7.11 Å². The zero-order valence-electron chi connectivity index (χ0n) is 16.2. The zero-order valence-corrected chi connectivity index (χ0v) is 18.5. The second-order valence-electron chi connectivity index (χ2n) is 6.34. The number of nitrogens with one attached hydrogen (secondary N) is 1. The third-order valence-electron chi connectivity index (χ3n) is 4.55. The molecule has 1 aromatic rings. The SMILES string of the molecule is CCCOc1ccc(CN=C(N)NCC2CCCN2CC)cc1OC.I. The molecule has 0 bridgehead atoms. The van der Waals surface area contributed by atoms with Gasteiger partial charge in [0.1, 0.15) is 0 Å². The standard InChI is InChI=1S/C19H32N4O2.HI/c1-4-11-25-17-9-8-15(12-18(17)24-3)13-21-19(20)22-14-16-7-6-10-23(16)5-2;/h8-9,12,16H,4-7,10-11,13-14H2,1-3H3,(H3,20,21,22);1H. The fraction of sp³-hybridized carbons (Fsp3) is 0.632. The number of likely N-dealkylation sites (tertiary alicyclic amines) is 1. The number of aliphatic imine (C=N–C) groups is 1. The molecule has 0 radical (unpaired) electrons. The third kappa shape index (κ3) is 6.83. The Morgan fingerprint density at radius 3 is 2.85 bits per heavy atom. The summed E-state index contributed by atoms with van der Waals surface area (Å²) in [4.78, 5) is 6.93. The number of nitrogens with zero attached hydrogens (tertiary/aromatic N) is 2. The van der Waals surface area contributed by atoms with Gasteiger partial charge in [-0.25, -0.2) is 4.99 Å². The molecular formula is C19H33IN4O2. The Labute approximate surface area is 174 Å². The number of nitrogens with two attached hydrogens (primary N) is 1. The van der Waals surface area contributed by atoms with E-state index < -0.39 is 0 Å². The van der Waals surface area contributed by atoms with Gasteiger partial charge in [-0.3, -0.25) is 4.90 Å². The Morgan fingerprint density at radius 1 is 1.35 bits per heavy atom. The molecule has 1 fully saturated rings. The maximum atomic E-state index is 6.02. The summed E-state index contributed by atoms with van der Waals surface area (Å²) in [5.74, 6) is 1.99. The Kier molecular flexibility index (Phi) is 10.7. The maximum Gasteiger partial charge on any atom is 0.188 e. The van der Waals surface area contributed by atoms with E-state index in [2.05, 4.69) is 29.1 Å². The van der Waals surface area contributed by atoms with E-state index in [1.807, 2.05) is 18.2 Å². The molecule has 0 aliphatic carbocycles. The lowest BCUT2D eigenvalue weighted by molar-refractivity contribution is 0.267. The first-order valence-electron chi connectivity index (χ1n) is 9.25. The van der Waals surface area contributed by atoms with Crippen molar-refractivity contribution in [3.63, 3.8) is 0 Å². The van der Waals surface area contributed by atoms with Gasteiger partial charge >= 0.3 is 0 Å². The molecule has 1 aliphatic rings. The van der Waals surface area contributed by atoms with Crippen LogP contribution < -0.4 is 20.5 Å². The molecule has 1 aromatic carbocycles. The van der Waals surface area contributed by atoms with Crippen molar-refractivity contribution in [1.29, 1.82) is 0 Å². The van der Waals surface area contributed by atoms with Gasteiger partial charge in [0.25, 0.3) is 0 Å². The number of ether oxygens (including phenoxy) is 2. The number of likely N-dealkylation sites (N-methyl/N-ethyl adjacent to an activating group) is 1. The van der Waals surface area contributed by atoms with Crippen LogP contribution in [0.15, 0.2) is 23.2 Å². The van der Waals surface area contributed by atoms with E-state index in [0.29, 0.717) is 25.2 Å². The molecule has 1 atom stereocenters. The van der Waals surface area contributed by atoms with Crippen molar-refractivity contribution < 1.29 is 9.47 Å². The van der Waals surface area contributed by atoms with E-state index in [-0.39, 0.29) is 24.0 Å². The summed E-state index contributed by atoms with van der Waals surface area (Å²) in [6.07, 6.45) is 3.46. The normalized spacial score (nSPS) is 17.7. The third-order valence-corrected chi connectivity index (χ3v) is 4.55. The van der Waals surface area contributed by atoms with Crippen LogP contribution in [0.25, 0.3) is 0 Å². The topological polar surface area (TPSA) is 72.1 Å². The van der Waals surface area contributed by atoms with Gasteiger partial charge < -0.3 is 20.5 Å². The van der Waals surface area contributed by atoms with Crippen LogP contribution in [0.2, 0.25) is 0 Å². The molecule has 1 unspecified atom stereocenters. The van der Waals surface area contributed by atoms with Gasteiger partial charge in [-0.05, 0) is 50.0 Å². The van der Waals surface area contributed by atoms with E-state index in [0.717, 1.165) is 36.6 Å². The van der Waals surface area contributed by atoms with Gasteiger partial charge in [0.2, 0.25) is 0 Å². The fourth-order valence-corrected chi connectivity index (χ4v) is 3.14. The first-order chi connectivity index (χ1) is 12.2. The number of methoxy groups -OCH3 is 1. The van der Waals surface area contributed by atoms with Crippen LogP contribution in [-0.2, 0) is 6.54 Å². The molecule has 6 nitrogen and oxygen atoms in total. The highest BCUT2D eigenvalue weighted by atomic mass is 127. The summed E-state index contributed by atoms with van der Waals surface area (Å²) >= 11 is 0. The average molecular weight is 476 g/mol. The number of guanidine groups is 1. The number of hydrogen-bond acceptors (Lipinski definition) is 4.